The predicted molar refractivity (Wildman–Crippen MR) is 162 cm³/mol. The molecule has 0 saturated carbocycles. The lowest BCUT2D eigenvalue weighted by Crippen LogP contribution is -2.43. The standard InChI is InChI=1S/C29H32ClN7OS/c1-19(2)39-26-7-5-4-6-24(26)33-27-22(30)18-32-29(36-27)35-25-13-12-23(34-28(25)38-3)20-8-10-21(11-9-20)37-16-14-31-15-17-37/h4-13,18-19,31H,14-17H2,1-3H3,(H2,32,33,35,36). The molecule has 0 unspecified atom stereocenters. The normalized spacial score (nSPS) is 13.4. The van der Waals surface area contributed by atoms with Crippen molar-refractivity contribution in [2.24, 2.45) is 0 Å². The van der Waals surface area contributed by atoms with Crippen LogP contribution in [0.3, 0.4) is 0 Å². The molecule has 3 heterocycles. The second-order valence-corrected chi connectivity index (χ2v) is 11.4. The molecule has 2 aromatic heterocycles. The molecule has 4 aromatic rings. The summed E-state index contributed by atoms with van der Waals surface area (Å²) in [4.78, 5) is 17.2. The lowest BCUT2D eigenvalue weighted by Gasteiger charge is -2.29. The van der Waals surface area contributed by atoms with Crippen molar-refractivity contribution in [1.82, 2.24) is 20.3 Å². The molecule has 2 aromatic carbocycles. The van der Waals surface area contributed by atoms with Crippen LogP contribution >= 0.6 is 23.4 Å². The van der Waals surface area contributed by atoms with Crippen LogP contribution in [-0.2, 0) is 0 Å². The highest BCUT2D eigenvalue weighted by molar-refractivity contribution is 8.00. The molecule has 1 aliphatic rings. The Kier molecular flexibility index (Phi) is 8.71. The Morgan fingerprint density at radius 3 is 2.46 bits per heavy atom. The summed E-state index contributed by atoms with van der Waals surface area (Å²) >= 11 is 8.22. The summed E-state index contributed by atoms with van der Waals surface area (Å²) < 4.78 is 5.61. The molecule has 1 saturated heterocycles. The summed E-state index contributed by atoms with van der Waals surface area (Å²) in [5, 5.41) is 10.8. The molecule has 0 aliphatic carbocycles. The highest BCUT2D eigenvalue weighted by atomic mass is 35.5. The number of thioether (sulfide) groups is 1. The van der Waals surface area contributed by atoms with Crippen LogP contribution in [0.4, 0.5) is 28.8 Å². The third kappa shape index (κ3) is 6.73. The van der Waals surface area contributed by atoms with Gasteiger partial charge in [-0.15, -0.1) is 11.8 Å². The summed E-state index contributed by atoms with van der Waals surface area (Å²) in [6.45, 7) is 8.37. The molecule has 39 heavy (non-hydrogen) atoms. The predicted octanol–water partition coefficient (Wildman–Crippen LogP) is 6.60. The number of pyridine rings is 1. The van der Waals surface area contributed by atoms with E-state index in [2.05, 4.69) is 75.0 Å². The number of benzene rings is 2. The third-order valence-electron chi connectivity index (χ3n) is 6.19. The van der Waals surface area contributed by atoms with E-state index in [4.69, 9.17) is 21.3 Å². The molecule has 1 aliphatic heterocycles. The Hall–Kier alpha value is -3.53. The number of methoxy groups -OCH3 is 1. The van der Waals surface area contributed by atoms with Crippen LogP contribution in [0.5, 0.6) is 5.88 Å². The minimum atomic E-state index is 0.379. The van der Waals surface area contributed by atoms with E-state index in [1.165, 1.54) is 5.69 Å². The number of aromatic nitrogens is 3. The first-order chi connectivity index (χ1) is 19.0. The van der Waals surface area contributed by atoms with Crippen LogP contribution in [0.15, 0.2) is 71.8 Å². The summed E-state index contributed by atoms with van der Waals surface area (Å²) in [6.07, 6.45) is 1.58. The first-order valence-corrected chi connectivity index (χ1v) is 14.2. The van der Waals surface area contributed by atoms with Crippen LogP contribution in [0.1, 0.15) is 13.8 Å². The molecule has 0 radical (unpaired) electrons. The lowest BCUT2D eigenvalue weighted by atomic mass is 10.1. The van der Waals surface area contributed by atoms with Gasteiger partial charge in [0.2, 0.25) is 11.8 Å². The van der Waals surface area contributed by atoms with Crippen LogP contribution in [0, 0.1) is 0 Å². The van der Waals surface area contributed by atoms with Gasteiger partial charge < -0.3 is 25.6 Å². The number of ether oxygens (including phenoxy) is 1. The maximum atomic E-state index is 6.45. The van der Waals surface area contributed by atoms with Gasteiger partial charge >= 0.3 is 0 Å². The Morgan fingerprint density at radius 2 is 1.72 bits per heavy atom. The quantitative estimate of drug-likeness (QED) is 0.196. The van der Waals surface area contributed by atoms with Crippen molar-refractivity contribution in [2.75, 3.05) is 48.8 Å². The number of nitrogens with zero attached hydrogens (tertiary/aromatic N) is 4. The molecule has 1 fully saturated rings. The van der Waals surface area contributed by atoms with E-state index in [0.29, 0.717) is 33.6 Å². The van der Waals surface area contributed by atoms with Crippen molar-refractivity contribution < 1.29 is 4.74 Å². The number of piperazine rings is 1. The molecule has 10 heteroatoms. The number of hydrogen-bond donors (Lipinski definition) is 3. The van der Waals surface area contributed by atoms with Gasteiger partial charge in [-0.3, -0.25) is 0 Å². The van der Waals surface area contributed by atoms with Crippen molar-refractivity contribution in [3.05, 3.63) is 71.9 Å². The van der Waals surface area contributed by atoms with E-state index >= 15 is 0 Å². The van der Waals surface area contributed by atoms with Gasteiger partial charge in [0.1, 0.15) is 10.7 Å². The van der Waals surface area contributed by atoms with Gasteiger partial charge in [0.05, 0.1) is 24.7 Å². The second-order valence-electron chi connectivity index (χ2n) is 9.34. The maximum Gasteiger partial charge on any atom is 0.238 e. The fraction of sp³-hybridized carbons (Fsp3) is 0.276. The molecular formula is C29H32ClN7OS. The largest absolute Gasteiger partial charge is 0.479 e. The Balaban J connectivity index is 1.34. The van der Waals surface area contributed by atoms with Gasteiger partial charge in [0.15, 0.2) is 5.82 Å². The monoisotopic (exact) mass is 561 g/mol. The van der Waals surface area contributed by atoms with Gasteiger partial charge in [-0.05, 0) is 36.4 Å². The fourth-order valence-corrected chi connectivity index (χ4v) is 5.36. The molecule has 0 atom stereocenters. The summed E-state index contributed by atoms with van der Waals surface area (Å²) in [7, 11) is 1.60. The highest BCUT2D eigenvalue weighted by Crippen LogP contribution is 2.34. The zero-order chi connectivity index (χ0) is 27.2. The molecule has 0 amide bonds. The summed E-state index contributed by atoms with van der Waals surface area (Å²) in [5.74, 6) is 1.34. The summed E-state index contributed by atoms with van der Waals surface area (Å²) in [6, 6.07) is 20.5. The van der Waals surface area contributed by atoms with Crippen molar-refractivity contribution in [2.45, 2.75) is 24.0 Å². The minimum Gasteiger partial charge on any atom is -0.479 e. The highest BCUT2D eigenvalue weighted by Gasteiger charge is 2.14. The number of halogens is 1. The molecular weight excluding hydrogens is 530 g/mol. The van der Waals surface area contributed by atoms with Gasteiger partial charge in [0.25, 0.3) is 0 Å². The topological polar surface area (TPSA) is 87.2 Å². The molecule has 202 valence electrons. The number of anilines is 5. The third-order valence-corrected chi connectivity index (χ3v) is 7.55. The van der Waals surface area contributed by atoms with Crippen LogP contribution in [0.25, 0.3) is 11.3 Å². The fourth-order valence-electron chi connectivity index (χ4n) is 4.31. The zero-order valence-corrected chi connectivity index (χ0v) is 23.8. The molecule has 0 bridgehead atoms. The first kappa shape index (κ1) is 27.1. The SMILES string of the molecule is COc1nc(-c2ccc(N3CCNCC3)cc2)ccc1Nc1ncc(Cl)c(Nc2ccccc2SC(C)C)n1. The van der Waals surface area contributed by atoms with E-state index in [-0.39, 0.29) is 0 Å². The van der Waals surface area contributed by atoms with Crippen LogP contribution in [-0.4, -0.2) is 53.5 Å². The second kappa shape index (κ2) is 12.5. The maximum absolute atomic E-state index is 6.45. The molecule has 8 nitrogen and oxygen atoms in total. The number of nitrogens with one attached hydrogen (secondary N) is 3. The Morgan fingerprint density at radius 1 is 0.949 bits per heavy atom. The van der Waals surface area contributed by atoms with E-state index in [1.807, 2.05) is 30.3 Å². The molecule has 5 rings (SSSR count). The van der Waals surface area contributed by atoms with Gasteiger partial charge in [0, 0.05) is 47.6 Å². The van der Waals surface area contributed by atoms with E-state index in [9.17, 15) is 0 Å². The van der Waals surface area contributed by atoms with Crippen molar-refractivity contribution in [3.63, 3.8) is 0 Å². The number of hydrogen-bond acceptors (Lipinski definition) is 9. The van der Waals surface area contributed by atoms with E-state index in [0.717, 1.165) is 48.0 Å². The summed E-state index contributed by atoms with van der Waals surface area (Å²) in [5.41, 5.74) is 4.66. The van der Waals surface area contributed by atoms with Crippen molar-refractivity contribution in [3.8, 4) is 17.1 Å². The van der Waals surface area contributed by atoms with Crippen molar-refractivity contribution in [1.29, 1.82) is 0 Å². The average molecular weight is 562 g/mol. The minimum absolute atomic E-state index is 0.379. The van der Waals surface area contributed by atoms with Gasteiger partial charge in [-0.1, -0.05) is 49.7 Å². The molecule has 0 spiro atoms. The van der Waals surface area contributed by atoms with Crippen LogP contribution in [0.2, 0.25) is 5.02 Å². The Bertz CT molecular complexity index is 1410. The van der Waals surface area contributed by atoms with E-state index < -0.39 is 0 Å². The van der Waals surface area contributed by atoms with Crippen LogP contribution < -0.4 is 25.6 Å². The zero-order valence-electron chi connectivity index (χ0n) is 22.2. The van der Waals surface area contributed by atoms with Gasteiger partial charge in [-0.2, -0.15) is 4.98 Å². The smallest absolute Gasteiger partial charge is 0.238 e. The first-order valence-electron chi connectivity index (χ1n) is 12.9. The number of rotatable bonds is 9. The number of para-hydroxylation sites is 1. The average Bonchev–Trinajstić information content (AvgIpc) is 2.96. The van der Waals surface area contributed by atoms with Crippen molar-refractivity contribution >= 4 is 52.2 Å². The van der Waals surface area contributed by atoms with E-state index in [1.54, 1.807) is 25.1 Å². The Labute approximate surface area is 238 Å². The lowest BCUT2D eigenvalue weighted by molar-refractivity contribution is 0.400. The van der Waals surface area contributed by atoms with Gasteiger partial charge in [-0.25, -0.2) is 9.97 Å². The molecule has 3 N–H and O–H groups in total.